The first-order valence-electron chi connectivity index (χ1n) is 9.50. The number of hydrogen-bond donors (Lipinski definition) is 1. The van der Waals surface area contributed by atoms with Gasteiger partial charge in [-0.2, -0.15) is 0 Å². The van der Waals surface area contributed by atoms with E-state index in [-0.39, 0.29) is 5.91 Å². The Labute approximate surface area is 170 Å². The van der Waals surface area contributed by atoms with Crippen LogP contribution in [-0.4, -0.2) is 19.1 Å². The highest BCUT2D eigenvalue weighted by Gasteiger charge is 2.07. The van der Waals surface area contributed by atoms with Gasteiger partial charge >= 0.3 is 0 Å². The molecule has 0 aliphatic rings. The van der Waals surface area contributed by atoms with Crippen LogP contribution in [0, 0.1) is 0 Å². The molecule has 3 aromatic rings. The van der Waals surface area contributed by atoms with Crippen LogP contribution >= 0.6 is 11.6 Å². The second-order valence-corrected chi connectivity index (χ2v) is 6.93. The molecule has 28 heavy (non-hydrogen) atoms. The summed E-state index contributed by atoms with van der Waals surface area (Å²) in [6.07, 6.45) is 2.77. The minimum absolute atomic E-state index is 0.0382. The molecule has 0 fully saturated rings. The quantitative estimate of drug-likeness (QED) is 0.459. The van der Waals surface area contributed by atoms with Crippen LogP contribution in [0.2, 0.25) is 5.02 Å². The second kappa shape index (κ2) is 10.6. The summed E-state index contributed by atoms with van der Waals surface area (Å²) >= 11 is 5.84. The van der Waals surface area contributed by atoms with E-state index >= 15 is 0 Å². The molecule has 1 amide bonds. The van der Waals surface area contributed by atoms with Crippen LogP contribution in [0.1, 0.15) is 25.0 Å². The number of halogens is 1. The third-order valence-corrected chi connectivity index (χ3v) is 4.55. The molecule has 146 valence electrons. The first-order valence-corrected chi connectivity index (χ1v) is 9.88. The predicted octanol–water partition coefficient (Wildman–Crippen LogP) is 5.51. The van der Waals surface area contributed by atoms with E-state index in [1.54, 1.807) is 12.1 Å². The third-order valence-electron chi connectivity index (χ3n) is 4.29. The number of rotatable bonds is 10. The van der Waals surface area contributed by atoms with Crippen molar-refractivity contribution < 1.29 is 13.9 Å². The minimum Gasteiger partial charge on any atom is -0.494 e. The summed E-state index contributed by atoms with van der Waals surface area (Å²) < 4.78 is 11.5. The van der Waals surface area contributed by atoms with Crippen molar-refractivity contribution in [1.29, 1.82) is 0 Å². The highest BCUT2D eigenvalue weighted by molar-refractivity contribution is 6.30. The van der Waals surface area contributed by atoms with Gasteiger partial charge in [0.15, 0.2) is 0 Å². The zero-order valence-corrected chi connectivity index (χ0v) is 16.5. The summed E-state index contributed by atoms with van der Waals surface area (Å²) in [5, 5.41) is 3.64. The molecule has 0 aliphatic heterocycles. The van der Waals surface area contributed by atoms with Gasteiger partial charge in [0.1, 0.15) is 17.3 Å². The van der Waals surface area contributed by atoms with Crippen molar-refractivity contribution in [3.63, 3.8) is 0 Å². The number of nitrogens with one attached hydrogen (secondary N) is 1. The van der Waals surface area contributed by atoms with Gasteiger partial charge in [0.25, 0.3) is 0 Å². The van der Waals surface area contributed by atoms with Crippen LogP contribution in [0.5, 0.6) is 5.75 Å². The summed E-state index contributed by atoms with van der Waals surface area (Å²) in [6.45, 7) is 1.27. The van der Waals surface area contributed by atoms with Crippen LogP contribution in [0.3, 0.4) is 0 Å². The molecule has 0 saturated carbocycles. The molecule has 0 radical (unpaired) electrons. The molecule has 0 bridgehead atoms. The molecule has 1 N–H and O–H groups in total. The van der Waals surface area contributed by atoms with E-state index in [2.05, 4.69) is 5.32 Å². The maximum Gasteiger partial charge on any atom is 0.220 e. The molecule has 0 atom stereocenters. The molecule has 0 aliphatic carbocycles. The van der Waals surface area contributed by atoms with E-state index in [4.69, 9.17) is 20.8 Å². The van der Waals surface area contributed by atoms with E-state index in [0.717, 1.165) is 35.7 Å². The first kappa shape index (κ1) is 20.0. The number of unbranched alkanes of at least 4 members (excludes halogenated alkanes) is 1. The van der Waals surface area contributed by atoms with Gasteiger partial charge in [0.2, 0.25) is 5.91 Å². The molecule has 1 heterocycles. The zero-order valence-electron chi connectivity index (χ0n) is 15.7. The summed E-state index contributed by atoms with van der Waals surface area (Å²) in [4.78, 5) is 12.0. The molecule has 2 aromatic carbocycles. The third kappa shape index (κ3) is 6.46. The fourth-order valence-electron chi connectivity index (χ4n) is 2.77. The number of carbonyl (C=O) groups is 1. The zero-order chi connectivity index (χ0) is 19.6. The smallest absolute Gasteiger partial charge is 0.220 e. The Balaban J connectivity index is 1.28. The van der Waals surface area contributed by atoms with E-state index in [1.807, 2.05) is 54.6 Å². The molecule has 3 rings (SSSR count). The van der Waals surface area contributed by atoms with Crippen molar-refractivity contribution in [3.8, 4) is 17.1 Å². The van der Waals surface area contributed by atoms with Crippen molar-refractivity contribution >= 4 is 17.5 Å². The van der Waals surface area contributed by atoms with E-state index in [0.29, 0.717) is 31.0 Å². The second-order valence-electron chi connectivity index (χ2n) is 6.49. The van der Waals surface area contributed by atoms with Crippen molar-refractivity contribution in [1.82, 2.24) is 5.32 Å². The standard InChI is InChI=1S/C23H24ClNO3/c24-19-8-10-20(11-9-19)27-17-5-4-16-25-23(26)15-13-21-12-14-22(28-21)18-6-2-1-3-7-18/h1-3,6-12,14H,4-5,13,15-17H2,(H,25,26). The number of benzene rings is 2. The van der Waals surface area contributed by atoms with Crippen molar-refractivity contribution in [2.75, 3.05) is 13.2 Å². The Bertz CT molecular complexity index is 859. The van der Waals surface area contributed by atoms with Gasteiger partial charge in [-0.25, -0.2) is 0 Å². The molecule has 0 unspecified atom stereocenters. The van der Waals surface area contributed by atoms with Gasteiger partial charge in [-0.05, 0) is 49.2 Å². The van der Waals surface area contributed by atoms with Crippen molar-refractivity contribution in [2.45, 2.75) is 25.7 Å². The normalized spacial score (nSPS) is 10.6. The molecular weight excluding hydrogens is 374 g/mol. The minimum atomic E-state index is 0.0382. The molecule has 4 nitrogen and oxygen atoms in total. The number of ether oxygens (including phenoxy) is 1. The monoisotopic (exact) mass is 397 g/mol. The SMILES string of the molecule is O=C(CCc1ccc(-c2ccccc2)o1)NCCCCOc1ccc(Cl)cc1. The van der Waals surface area contributed by atoms with E-state index in [9.17, 15) is 4.79 Å². The van der Waals surface area contributed by atoms with Crippen LogP contribution in [-0.2, 0) is 11.2 Å². The summed E-state index contributed by atoms with van der Waals surface area (Å²) in [5.41, 5.74) is 1.04. The van der Waals surface area contributed by atoms with Gasteiger partial charge in [-0.3, -0.25) is 4.79 Å². The van der Waals surface area contributed by atoms with Gasteiger partial charge in [-0.15, -0.1) is 0 Å². The molecule has 1 aromatic heterocycles. The predicted molar refractivity (Wildman–Crippen MR) is 112 cm³/mol. The Kier molecular flexibility index (Phi) is 7.56. The van der Waals surface area contributed by atoms with Gasteiger partial charge in [0.05, 0.1) is 6.61 Å². The molecule has 0 saturated heterocycles. The lowest BCUT2D eigenvalue weighted by Gasteiger charge is -2.07. The molecule has 0 spiro atoms. The van der Waals surface area contributed by atoms with Gasteiger partial charge < -0.3 is 14.5 Å². The first-order chi connectivity index (χ1) is 13.7. The maximum absolute atomic E-state index is 12.0. The van der Waals surface area contributed by atoms with Crippen LogP contribution in [0.25, 0.3) is 11.3 Å². The number of amides is 1. The lowest BCUT2D eigenvalue weighted by atomic mass is 10.2. The number of aryl methyl sites for hydroxylation is 1. The molecular formula is C23H24ClNO3. The van der Waals surface area contributed by atoms with Crippen molar-refractivity contribution in [2.24, 2.45) is 0 Å². The lowest BCUT2D eigenvalue weighted by molar-refractivity contribution is -0.121. The van der Waals surface area contributed by atoms with Gasteiger partial charge in [0, 0.05) is 30.0 Å². The van der Waals surface area contributed by atoms with Crippen LogP contribution < -0.4 is 10.1 Å². The Hall–Kier alpha value is -2.72. The average Bonchev–Trinajstić information content (AvgIpc) is 3.20. The van der Waals surface area contributed by atoms with Crippen LogP contribution in [0.4, 0.5) is 0 Å². The summed E-state index contributed by atoms with van der Waals surface area (Å²) in [5.74, 6) is 2.50. The Morgan fingerprint density at radius 1 is 0.964 bits per heavy atom. The average molecular weight is 398 g/mol. The Morgan fingerprint density at radius 3 is 2.54 bits per heavy atom. The van der Waals surface area contributed by atoms with E-state index < -0.39 is 0 Å². The maximum atomic E-state index is 12.0. The van der Waals surface area contributed by atoms with Crippen molar-refractivity contribution in [3.05, 3.63) is 77.5 Å². The van der Waals surface area contributed by atoms with E-state index in [1.165, 1.54) is 0 Å². The number of carbonyl (C=O) groups excluding carboxylic acids is 1. The van der Waals surface area contributed by atoms with Gasteiger partial charge in [-0.1, -0.05) is 41.9 Å². The Morgan fingerprint density at radius 2 is 1.75 bits per heavy atom. The van der Waals surface area contributed by atoms with Crippen LogP contribution in [0.15, 0.2) is 71.1 Å². The summed E-state index contributed by atoms with van der Waals surface area (Å²) in [7, 11) is 0. The fourth-order valence-corrected chi connectivity index (χ4v) is 2.90. The largest absolute Gasteiger partial charge is 0.494 e. The fraction of sp³-hybridized carbons (Fsp3) is 0.261. The number of hydrogen-bond acceptors (Lipinski definition) is 3. The lowest BCUT2D eigenvalue weighted by Crippen LogP contribution is -2.24. The number of furan rings is 1. The highest BCUT2D eigenvalue weighted by atomic mass is 35.5. The topological polar surface area (TPSA) is 51.5 Å². The highest BCUT2D eigenvalue weighted by Crippen LogP contribution is 2.22. The molecule has 5 heteroatoms. The summed E-state index contributed by atoms with van der Waals surface area (Å²) in [6, 6.07) is 21.1.